The number of aliphatic hydroxyl groups is 1. The summed E-state index contributed by atoms with van der Waals surface area (Å²) in [6.45, 7) is 2.84. The Labute approximate surface area is 201 Å². The van der Waals surface area contributed by atoms with Crippen molar-refractivity contribution in [1.82, 2.24) is 19.2 Å². The van der Waals surface area contributed by atoms with E-state index in [4.69, 9.17) is 23.2 Å². The maximum atomic E-state index is 13.2. The molecule has 1 fully saturated rings. The molecule has 1 aliphatic rings. The standard InChI is InChI=1S/C24H24Cl2N4O3/c1-14-20(29-11-5-4-7-18(29)27-14)22(31)19-21(15-8-9-16(25)17(26)13-15)30(24(33)23(19)32)12-6-10-28(2)3/h4-5,7-9,11,13,21,31H,6,10,12H2,1-3H3/t21-/m1/s1. The average Bonchev–Trinajstić information content (AvgIpc) is 3.23. The fourth-order valence-electron chi connectivity index (χ4n) is 4.22. The maximum Gasteiger partial charge on any atom is 0.295 e. The van der Waals surface area contributed by atoms with Gasteiger partial charge in [0.25, 0.3) is 11.7 Å². The quantitative estimate of drug-likeness (QED) is 0.318. The van der Waals surface area contributed by atoms with Gasteiger partial charge >= 0.3 is 0 Å². The maximum absolute atomic E-state index is 13.2. The number of hydrogen-bond donors (Lipinski definition) is 1. The lowest BCUT2D eigenvalue weighted by Crippen LogP contribution is -2.32. The smallest absolute Gasteiger partial charge is 0.295 e. The molecule has 0 aliphatic carbocycles. The summed E-state index contributed by atoms with van der Waals surface area (Å²) in [4.78, 5) is 34.3. The van der Waals surface area contributed by atoms with E-state index in [0.717, 1.165) is 6.54 Å². The average molecular weight is 487 g/mol. The number of aryl methyl sites for hydroxylation is 1. The second kappa shape index (κ2) is 9.17. The van der Waals surface area contributed by atoms with Gasteiger partial charge in [0.05, 0.1) is 27.4 Å². The fraction of sp³-hybridized carbons (Fsp3) is 0.292. The summed E-state index contributed by atoms with van der Waals surface area (Å²) in [5.74, 6) is -1.66. The third-order valence-corrected chi connectivity index (χ3v) is 6.47. The number of aromatic nitrogens is 2. The van der Waals surface area contributed by atoms with Gasteiger partial charge in [-0.1, -0.05) is 35.3 Å². The number of fused-ring (bicyclic) bond motifs is 1. The molecule has 0 radical (unpaired) electrons. The Morgan fingerprint density at radius 2 is 1.91 bits per heavy atom. The third-order valence-electron chi connectivity index (χ3n) is 5.73. The number of rotatable bonds is 6. The molecule has 1 aromatic carbocycles. The first-order chi connectivity index (χ1) is 15.7. The number of likely N-dealkylation sites (tertiary alicyclic amines) is 1. The topological polar surface area (TPSA) is 78.1 Å². The van der Waals surface area contributed by atoms with Crippen LogP contribution in [0.15, 0.2) is 48.2 Å². The SMILES string of the molecule is Cc1nc2ccccn2c1C(O)=C1C(=O)C(=O)N(CCCN(C)C)[C@@H]1c1ccc(Cl)c(Cl)c1. The molecule has 1 amide bonds. The highest BCUT2D eigenvalue weighted by molar-refractivity contribution is 6.46. The number of carbonyl (C=O) groups excluding carboxylic acids is 2. The van der Waals surface area contributed by atoms with Crippen molar-refractivity contribution < 1.29 is 14.7 Å². The molecule has 0 unspecified atom stereocenters. The number of halogens is 2. The molecule has 33 heavy (non-hydrogen) atoms. The van der Waals surface area contributed by atoms with Crippen molar-refractivity contribution in [2.75, 3.05) is 27.2 Å². The highest BCUT2D eigenvalue weighted by atomic mass is 35.5. The highest BCUT2D eigenvalue weighted by Gasteiger charge is 2.46. The summed E-state index contributed by atoms with van der Waals surface area (Å²) in [7, 11) is 3.89. The Balaban J connectivity index is 1.90. The molecule has 3 heterocycles. The molecule has 4 rings (SSSR count). The van der Waals surface area contributed by atoms with Gasteiger partial charge in [-0.25, -0.2) is 4.98 Å². The number of pyridine rings is 1. The Morgan fingerprint density at radius 1 is 1.15 bits per heavy atom. The van der Waals surface area contributed by atoms with E-state index in [1.165, 1.54) is 4.90 Å². The molecule has 0 bridgehead atoms. The highest BCUT2D eigenvalue weighted by Crippen LogP contribution is 2.41. The Kier molecular flexibility index (Phi) is 6.47. The van der Waals surface area contributed by atoms with Crippen LogP contribution >= 0.6 is 23.2 Å². The van der Waals surface area contributed by atoms with Crippen LogP contribution in [0.25, 0.3) is 11.4 Å². The second-order valence-corrected chi connectivity index (χ2v) is 9.11. The van der Waals surface area contributed by atoms with E-state index in [-0.39, 0.29) is 11.3 Å². The number of hydrogen-bond acceptors (Lipinski definition) is 5. The molecule has 172 valence electrons. The molecule has 1 saturated heterocycles. The molecule has 3 aromatic rings. The van der Waals surface area contributed by atoms with Crippen LogP contribution in [0.2, 0.25) is 10.0 Å². The van der Waals surface area contributed by atoms with Gasteiger partial charge in [-0.3, -0.25) is 14.0 Å². The van der Waals surface area contributed by atoms with Gasteiger partial charge in [0.2, 0.25) is 0 Å². The van der Waals surface area contributed by atoms with E-state index in [1.807, 2.05) is 25.1 Å². The van der Waals surface area contributed by atoms with E-state index in [9.17, 15) is 14.7 Å². The lowest BCUT2D eigenvalue weighted by atomic mass is 9.96. The zero-order valence-corrected chi connectivity index (χ0v) is 20.1. The first-order valence-electron chi connectivity index (χ1n) is 10.5. The lowest BCUT2D eigenvalue weighted by Gasteiger charge is -2.26. The van der Waals surface area contributed by atoms with E-state index in [1.54, 1.807) is 47.9 Å². The summed E-state index contributed by atoms with van der Waals surface area (Å²) in [6.07, 6.45) is 2.41. The minimum Gasteiger partial charge on any atom is -0.505 e. The van der Waals surface area contributed by atoms with Crippen molar-refractivity contribution in [3.05, 3.63) is 75.2 Å². The van der Waals surface area contributed by atoms with Crippen molar-refractivity contribution in [1.29, 1.82) is 0 Å². The number of aliphatic hydroxyl groups excluding tert-OH is 1. The summed E-state index contributed by atoms with van der Waals surface area (Å²) < 4.78 is 1.70. The van der Waals surface area contributed by atoms with E-state index < -0.39 is 17.7 Å². The van der Waals surface area contributed by atoms with Crippen molar-refractivity contribution in [3.8, 4) is 0 Å². The van der Waals surface area contributed by atoms with Crippen molar-refractivity contribution >= 4 is 46.3 Å². The molecule has 1 N–H and O–H groups in total. The molecule has 0 saturated carbocycles. The molecule has 1 atom stereocenters. The largest absolute Gasteiger partial charge is 0.505 e. The van der Waals surface area contributed by atoms with Gasteiger partial charge in [-0.05, 0) is 63.8 Å². The predicted molar refractivity (Wildman–Crippen MR) is 129 cm³/mol. The van der Waals surface area contributed by atoms with Crippen LogP contribution in [0.4, 0.5) is 0 Å². The molecule has 2 aromatic heterocycles. The molecule has 9 heteroatoms. The van der Waals surface area contributed by atoms with Gasteiger partial charge in [0.1, 0.15) is 11.3 Å². The van der Waals surface area contributed by atoms with Crippen LogP contribution in [0.1, 0.15) is 29.4 Å². The van der Waals surface area contributed by atoms with Crippen LogP contribution in [0.5, 0.6) is 0 Å². The third kappa shape index (κ3) is 4.24. The van der Waals surface area contributed by atoms with E-state index >= 15 is 0 Å². The van der Waals surface area contributed by atoms with Crippen molar-refractivity contribution in [2.45, 2.75) is 19.4 Å². The number of ketones is 1. The Hall–Kier alpha value is -2.87. The summed E-state index contributed by atoms with van der Waals surface area (Å²) >= 11 is 12.4. The number of amides is 1. The van der Waals surface area contributed by atoms with Gasteiger partial charge in [0.15, 0.2) is 5.76 Å². The van der Waals surface area contributed by atoms with Gasteiger partial charge in [-0.15, -0.1) is 0 Å². The Bertz CT molecular complexity index is 1280. The Morgan fingerprint density at radius 3 is 2.61 bits per heavy atom. The number of benzene rings is 1. The second-order valence-electron chi connectivity index (χ2n) is 8.30. The van der Waals surface area contributed by atoms with Crippen molar-refractivity contribution in [3.63, 3.8) is 0 Å². The molecular weight excluding hydrogens is 463 g/mol. The zero-order valence-electron chi connectivity index (χ0n) is 18.5. The number of nitrogens with zero attached hydrogens (tertiary/aromatic N) is 4. The van der Waals surface area contributed by atoms with Crippen LogP contribution in [0.3, 0.4) is 0 Å². The zero-order chi connectivity index (χ0) is 23.9. The van der Waals surface area contributed by atoms with Gasteiger partial charge < -0.3 is 14.9 Å². The van der Waals surface area contributed by atoms with Crippen LogP contribution < -0.4 is 0 Å². The van der Waals surface area contributed by atoms with Gasteiger partial charge in [0, 0.05) is 12.7 Å². The summed E-state index contributed by atoms with van der Waals surface area (Å²) in [5, 5.41) is 12.1. The lowest BCUT2D eigenvalue weighted by molar-refractivity contribution is -0.139. The molecule has 7 nitrogen and oxygen atoms in total. The van der Waals surface area contributed by atoms with E-state index in [0.29, 0.717) is 45.6 Å². The summed E-state index contributed by atoms with van der Waals surface area (Å²) in [5.41, 5.74) is 2.16. The van der Waals surface area contributed by atoms with Crippen LogP contribution in [0, 0.1) is 6.92 Å². The van der Waals surface area contributed by atoms with E-state index in [2.05, 4.69) is 4.98 Å². The van der Waals surface area contributed by atoms with Crippen LogP contribution in [-0.2, 0) is 9.59 Å². The first kappa shape index (κ1) is 23.3. The molecule has 0 spiro atoms. The molecular formula is C24H24Cl2N4O3. The fourth-order valence-corrected chi connectivity index (χ4v) is 4.53. The predicted octanol–water partition coefficient (Wildman–Crippen LogP) is 4.32. The number of imidazole rings is 1. The minimum atomic E-state index is -0.796. The number of carbonyl (C=O) groups is 2. The number of Topliss-reactive ketones (excluding diaryl/α,β-unsaturated/α-hetero) is 1. The van der Waals surface area contributed by atoms with Crippen LogP contribution in [-0.4, -0.2) is 63.2 Å². The monoisotopic (exact) mass is 486 g/mol. The molecule has 1 aliphatic heterocycles. The van der Waals surface area contributed by atoms with Crippen molar-refractivity contribution in [2.24, 2.45) is 0 Å². The minimum absolute atomic E-state index is 0.0111. The first-order valence-corrected chi connectivity index (χ1v) is 11.3. The summed E-state index contributed by atoms with van der Waals surface area (Å²) in [6, 6.07) is 9.63. The normalized spacial score (nSPS) is 18.1. The van der Waals surface area contributed by atoms with Gasteiger partial charge in [-0.2, -0.15) is 0 Å².